The molecule has 0 spiro atoms. The number of hydrogen-bond donors (Lipinski definition) is 2. The van der Waals surface area contributed by atoms with Crippen LogP contribution in [0.25, 0.3) is 0 Å². The largest absolute Gasteiger partial charge is 0.460 e. The Labute approximate surface area is 95.7 Å². The topological polar surface area (TPSA) is 58.6 Å². The molecule has 1 aliphatic heterocycles. The van der Waals surface area contributed by atoms with Gasteiger partial charge in [0.25, 0.3) is 0 Å². The van der Waals surface area contributed by atoms with Crippen molar-refractivity contribution in [2.75, 3.05) is 6.54 Å². The number of benzene rings is 1. The number of ether oxygens (including phenoxy) is 1. The summed E-state index contributed by atoms with van der Waals surface area (Å²) in [7, 11) is 0. The van der Waals surface area contributed by atoms with E-state index in [-0.39, 0.29) is 24.7 Å². The summed E-state index contributed by atoms with van der Waals surface area (Å²) in [4.78, 5) is 11.7. The molecule has 1 fully saturated rings. The summed E-state index contributed by atoms with van der Waals surface area (Å²) in [5, 5.41) is 7.41. The number of nitrogens with one attached hydrogen (secondary N) is 1. The molecular formula is C12H15NO3. The van der Waals surface area contributed by atoms with Crippen molar-refractivity contribution < 1.29 is 14.6 Å². The highest BCUT2D eigenvalue weighted by molar-refractivity contribution is 5.76. The molecule has 0 unspecified atom stereocenters. The Kier molecular flexibility index (Phi) is 3.12. The van der Waals surface area contributed by atoms with Crippen LogP contribution in [-0.4, -0.2) is 31.2 Å². The normalized spacial score (nSPS) is 25.1. The van der Waals surface area contributed by atoms with Gasteiger partial charge in [-0.2, -0.15) is 0 Å². The summed E-state index contributed by atoms with van der Waals surface area (Å²) in [6.45, 7) is 0.804. The molecule has 0 radical (unpaired) electrons. The predicted octanol–water partition coefficient (Wildman–Crippen LogP) is 0.453. The van der Waals surface area contributed by atoms with Gasteiger partial charge in [-0.1, -0.05) is 30.3 Å². The van der Waals surface area contributed by atoms with Gasteiger partial charge in [0.2, 0.25) is 1.43 Å². The van der Waals surface area contributed by atoms with Gasteiger partial charge in [-0.15, -0.1) is 0 Å². The lowest BCUT2D eigenvalue weighted by atomic mass is 10.2. The Morgan fingerprint density at radius 3 is 3.06 bits per heavy atom. The van der Waals surface area contributed by atoms with Gasteiger partial charge in [-0.25, -0.2) is 0 Å². The highest BCUT2D eigenvalue weighted by Gasteiger charge is 2.29. The van der Waals surface area contributed by atoms with Crippen molar-refractivity contribution in [2.24, 2.45) is 0 Å². The summed E-state index contributed by atoms with van der Waals surface area (Å²) in [6.07, 6.45) is 0.279. The summed E-state index contributed by atoms with van der Waals surface area (Å²) in [6, 6.07) is 9.19. The van der Waals surface area contributed by atoms with Gasteiger partial charge < -0.3 is 15.2 Å². The van der Waals surface area contributed by atoms with E-state index in [2.05, 4.69) is 10.4 Å². The number of rotatable bonds is 4. The molecule has 2 atom stereocenters. The van der Waals surface area contributed by atoms with Crippen molar-refractivity contribution in [2.45, 2.75) is 25.2 Å². The van der Waals surface area contributed by atoms with Crippen LogP contribution in [0.15, 0.2) is 30.3 Å². The van der Waals surface area contributed by atoms with E-state index in [0.717, 1.165) is 5.56 Å². The van der Waals surface area contributed by atoms with E-state index in [0.29, 0.717) is 13.0 Å². The zero-order valence-corrected chi connectivity index (χ0v) is 8.89. The number of carbonyl (C=O) groups excluding carboxylic acids is 1. The minimum atomic E-state index is -0.353. The highest BCUT2D eigenvalue weighted by Crippen LogP contribution is 2.09. The van der Waals surface area contributed by atoms with Crippen LogP contribution in [0, 0.1) is 0 Å². The molecule has 2 N–H and O–H groups in total. The maximum atomic E-state index is 11.7. The van der Waals surface area contributed by atoms with Crippen LogP contribution in [-0.2, 0) is 16.1 Å². The monoisotopic (exact) mass is 222 g/mol. The van der Waals surface area contributed by atoms with Crippen molar-refractivity contribution in [1.29, 1.82) is 1.43 Å². The van der Waals surface area contributed by atoms with Crippen molar-refractivity contribution in [3.8, 4) is 0 Å². The fourth-order valence-corrected chi connectivity index (χ4v) is 1.71. The van der Waals surface area contributed by atoms with E-state index >= 15 is 0 Å². The fourth-order valence-electron chi connectivity index (χ4n) is 1.71. The number of esters is 1. The SMILES string of the molecule is [2H]O[C@@H]1CN[C@H](C(=O)OCc2ccccc2)C1. The molecule has 1 aromatic rings. The zero-order chi connectivity index (χ0) is 12.1. The predicted molar refractivity (Wildman–Crippen MR) is 58.7 cm³/mol. The lowest BCUT2D eigenvalue weighted by molar-refractivity contribution is -0.147. The first-order chi connectivity index (χ1) is 8.29. The smallest absolute Gasteiger partial charge is 0.323 e. The Balaban J connectivity index is 1.78. The minimum Gasteiger partial charge on any atom is -0.460 e. The van der Waals surface area contributed by atoms with E-state index in [1.54, 1.807) is 0 Å². The summed E-state index contributed by atoms with van der Waals surface area (Å²) in [5.74, 6) is -0.284. The van der Waals surface area contributed by atoms with Gasteiger partial charge in [-0.05, 0) is 5.56 Å². The Morgan fingerprint density at radius 2 is 2.38 bits per heavy atom. The first-order valence-corrected chi connectivity index (χ1v) is 5.35. The zero-order valence-electron chi connectivity index (χ0n) is 9.89. The van der Waals surface area contributed by atoms with Gasteiger partial charge in [0.05, 0.1) is 6.10 Å². The third kappa shape index (κ3) is 2.81. The fraction of sp³-hybridized carbons (Fsp3) is 0.417. The summed E-state index contributed by atoms with van der Waals surface area (Å²) >= 11 is 0. The lowest BCUT2D eigenvalue weighted by Gasteiger charge is -2.10. The van der Waals surface area contributed by atoms with Gasteiger partial charge in [0, 0.05) is 13.0 Å². The molecule has 0 saturated carbocycles. The van der Waals surface area contributed by atoms with Crippen molar-refractivity contribution in [1.82, 2.24) is 5.32 Å². The van der Waals surface area contributed by atoms with Gasteiger partial charge in [0.1, 0.15) is 12.6 Å². The molecule has 16 heavy (non-hydrogen) atoms. The van der Waals surface area contributed by atoms with Crippen molar-refractivity contribution in [3.05, 3.63) is 35.9 Å². The number of aliphatic hydroxyl groups excluding tert-OH is 1. The van der Waals surface area contributed by atoms with Crippen LogP contribution in [0.3, 0.4) is 0 Å². The molecular weight excluding hydrogens is 206 g/mol. The molecule has 0 amide bonds. The van der Waals surface area contributed by atoms with E-state index in [9.17, 15) is 4.79 Å². The second-order valence-corrected chi connectivity index (χ2v) is 3.91. The van der Waals surface area contributed by atoms with Crippen LogP contribution in [0.5, 0.6) is 0 Å². The number of hydrogen-bond acceptors (Lipinski definition) is 4. The lowest BCUT2D eigenvalue weighted by Crippen LogP contribution is -2.32. The van der Waals surface area contributed by atoms with Crippen LogP contribution in [0.2, 0.25) is 0 Å². The molecule has 4 heteroatoms. The Hall–Kier alpha value is -1.39. The second kappa shape index (κ2) is 5.09. The van der Waals surface area contributed by atoms with Gasteiger partial charge in [-0.3, -0.25) is 4.79 Å². The summed E-state index contributed by atoms with van der Waals surface area (Å²) < 4.78 is 12.0. The Bertz CT molecular complexity index is 371. The molecule has 1 aromatic carbocycles. The number of carbonyl (C=O) groups is 1. The third-order valence-corrected chi connectivity index (χ3v) is 2.60. The van der Waals surface area contributed by atoms with Gasteiger partial charge in [0.15, 0.2) is 0 Å². The first-order valence-electron chi connectivity index (χ1n) is 5.76. The maximum Gasteiger partial charge on any atom is 0.323 e. The molecule has 86 valence electrons. The van der Waals surface area contributed by atoms with Crippen LogP contribution in [0.4, 0.5) is 0 Å². The van der Waals surface area contributed by atoms with Crippen molar-refractivity contribution in [3.63, 3.8) is 0 Å². The average molecular weight is 222 g/mol. The molecule has 1 aliphatic rings. The Morgan fingerprint density at radius 1 is 1.56 bits per heavy atom. The van der Waals surface area contributed by atoms with Crippen LogP contribution in [0.1, 0.15) is 12.0 Å². The van der Waals surface area contributed by atoms with Gasteiger partial charge >= 0.3 is 5.97 Å². The standard InChI is InChI=1S/C12H15NO3/c14-10-6-11(13-7-10)12(15)16-8-9-4-2-1-3-5-9/h1-5,10-11,13-14H,6-8H2/t10-,11-/m0/s1/i14D. The van der Waals surface area contributed by atoms with E-state index in [4.69, 9.17) is 6.17 Å². The quantitative estimate of drug-likeness (QED) is 0.726. The summed E-state index contributed by atoms with van der Waals surface area (Å²) in [5.41, 5.74) is 0.965. The average Bonchev–Trinajstić information content (AvgIpc) is 2.86. The first kappa shape index (κ1) is 9.81. The molecule has 0 bridgehead atoms. The van der Waals surface area contributed by atoms with Crippen LogP contribution < -0.4 is 5.32 Å². The molecule has 0 aromatic heterocycles. The number of β-amino-alcohol motifs (C(OH)–C–C–N with tert-alkyl or cyclic N) is 1. The molecule has 4 nitrogen and oxygen atoms in total. The highest BCUT2D eigenvalue weighted by atomic mass is 16.5. The molecule has 0 aliphatic carbocycles. The van der Waals surface area contributed by atoms with Crippen molar-refractivity contribution >= 4 is 5.97 Å². The minimum absolute atomic E-state index is 0.218. The third-order valence-electron chi connectivity index (χ3n) is 2.60. The van der Waals surface area contributed by atoms with Crippen LogP contribution >= 0.6 is 0 Å². The second-order valence-electron chi connectivity index (χ2n) is 3.91. The molecule has 1 saturated heterocycles. The number of aliphatic hydroxyl groups is 1. The molecule has 2 rings (SSSR count). The van der Waals surface area contributed by atoms with E-state index < -0.39 is 0 Å². The van der Waals surface area contributed by atoms with E-state index in [1.807, 2.05) is 30.3 Å². The molecule has 1 heterocycles. The van der Waals surface area contributed by atoms with E-state index in [1.165, 1.54) is 0 Å². The maximum absolute atomic E-state index is 11.7.